The molecule has 8 nitrogen and oxygen atoms in total. The molecule has 0 atom stereocenters. The van der Waals surface area contributed by atoms with Crippen LogP contribution >= 0.6 is 11.3 Å². The van der Waals surface area contributed by atoms with Crippen molar-refractivity contribution in [3.8, 4) is 11.3 Å². The highest BCUT2D eigenvalue weighted by Crippen LogP contribution is 2.23. The molecule has 9 heteroatoms. The van der Waals surface area contributed by atoms with Crippen LogP contribution in [0.25, 0.3) is 22.0 Å². The first kappa shape index (κ1) is 30.0. The zero-order valence-electron chi connectivity index (χ0n) is 22.9. The van der Waals surface area contributed by atoms with Crippen LogP contribution in [0.2, 0.25) is 0 Å². The number of hydrogen-bond donors (Lipinski definition) is 4. The number of aromatic amines is 1. The molecule has 0 aliphatic heterocycles. The Morgan fingerprint density at radius 3 is 2.48 bits per heavy atom. The number of carbonyl (C=O) groups excluding carboxylic acids is 2. The Morgan fingerprint density at radius 1 is 1.00 bits per heavy atom. The van der Waals surface area contributed by atoms with Gasteiger partial charge in [-0.05, 0) is 48.2 Å². The Morgan fingerprint density at radius 2 is 1.77 bits per heavy atom. The minimum Gasteiger partial charge on any atom is -0.398 e. The molecule has 0 saturated carbocycles. The van der Waals surface area contributed by atoms with Gasteiger partial charge in [-0.2, -0.15) is 0 Å². The molecule has 2 aromatic heterocycles. The maximum atomic E-state index is 12.3. The number of carbonyl (C=O) groups is 2. The molecule has 0 fully saturated rings. The van der Waals surface area contributed by atoms with Gasteiger partial charge < -0.3 is 21.8 Å². The number of nitrogens with zero attached hydrogens (tertiary/aromatic N) is 2. The third-order valence-corrected chi connectivity index (χ3v) is 6.50. The molecule has 0 spiro atoms. The second kappa shape index (κ2) is 15.8. The number of nitrogen functional groups attached to an aromatic ring is 1. The number of imidazole rings is 1. The number of unbranched alkanes of at least 4 members (excludes halogenated alkanes) is 2. The number of hydrogen-bond acceptors (Lipinski definition) is 6. The van der Waals surface area contributed by atoms with Crippen LogP contribution in [0, 0.1) is 6.92 Å². The number of nitrogens with two attached hydrogens (primary N) is 2. The Bertz CT molecular complexity index is 1480. The Kier molecular flexibility index (Phi) is 11.9. The van der Waals surface area contributed by atoms with Crippen molar-refractivity contribution in [1.82, 2.24) is 20.3 Å². The largest absolute Gasteiger partial charge is 0.398 e. The minimum atomic E-state index is -0.333. The lowest BCUT2D eigenvalue weighted by Crippen LogP contribution is -2.25. The third kappa shape index (κ3) is 9.67. The maximum Gasteiger partial charge on any atom is 0.253 e. The van der Waals surface area contributed by atoms with E-state index in [4.69, 9.17) is 5.73 Å². The van der Waals surface area contributed by atoms with Gasteiger partial charge in [0.05, 0.1) is 23.0 Å². The Hall–Kier alpha value is -4.50. The number of amides is 2. The molecule has 0 aliphatic carbocycles. The van der Waals surface area contributed by atoms with E-state index in [1.165, 1.54) is 17.7 Å². The van der Waals surface area contributed by atoms with Crippen LogP contribution < -0.4 is 16.8 Å². The number of H-pyrrole nitrogens is 1. The van der Waals surface area contributed by atoms with Crippen LogP contribution in [-0.4, -0.2) is 33.3 Å². The summed E-state index contributed by atoms with van der Waals surface area (Å²) in [4.78, 5) is 33.2. The van der Waals surface area contributed by atoms with Crippen LogP contribution in [0.5, 0.6) is 0 Å². The fraction of sp³-hybridized carbons (Fsp3) is 0.226. The van der Waals surface area contributed by atoms with Gasteiger partial charge in [-0.1, -0.05) is 55.0 Å². The summed E-state index contributed by atoms with van der Waals surface area (Å²) in [5, 5.41) is 7.36. The molecule has 2 heterocycles. The van der Waals surface area contributed by atoms with E-state index >= 15 is 0 Å². The van der Waals surface area contributed by atoms with Gasteiger partial charge in [-0.15, -0.1) is 11.3 Å². The predicted octanol–water partition coefficient (Wildman–Crippen LogP) is 5.90. The number of anilines is 1. The average molecular weight is 557 g/mol. The number of nitrogens with one attached hydrogen (secondary N) is 2. The van der Waals surface area contributed by atoms with Crippen LogP contribution in [0.4, 0.5) is 5.69 Å². The molecule has 0 aliphatic rings. The van der Waals surface area contributed by atoms with E-state index in [0.29, 0.717) is 17.8 Å². The molecule has 0 bridgehead atoms. The summed E-state index contributed by atoms with van der Waals surface area (Å²) in [6.45, 7) is 3.86. The van der Waals surface area contributed by atoms with E-state index < -0.39 is 0 Å². The van der Waals surface area contributed by atoms with Gasteiger partial charge in [0.2, 0.25) is 5.91 Å². The second-order valence-corrected chi connectivity index (χ2v) is 9.95. The first-order valence-corrected chi connectivity index (χ1v) is 14.0. The summed E-state index contributed by atoms with van der Waals surface area (Å²) in [5.41, 5.74) is 16.5. The number of rotatable bonds is 8. The molecular weight excluding hydrogens is 520 g/mol. The van der Waals surface area contributed by atoms with Crippen molar-refractivity contribution >= 4 is 39.6 Å². The lowest BCUT2D eigenvalue weighted by Gasteiger charge is -2.09. The van der Waals surface area contributed by atoms with Gasteiger partial charge in [-0.3, -0.25) is 14.6 Å². The van der Waals surface area contributed by atoms with E-state index in [1.54, 1.807) is 29.1 Å². The van der Waals surface area contributed by atoms with Gasteiger partial charge in [0.15, 0.2) is 0 Å². The number of benzene rings is 3. The molecule has 0 radical (unpaired) electrons. The highest BCUT2D eigenvalue weighted by Gasteiger charge is 2.10. The molecular formula is C31H36N6O2S. The molecule has 5 aromatic rings. The van der Waals surface area contributed by atoms with E-state index in [0.717, 1.165) is 48.3 Å². The first-order chi connectivity index (χ1) is 19.3. The van der Waals surface area contributed by atoms with Crippen LogP contribution in [-0.2, 0) is 11.2 Å². The molecule has 5 rings (SSSR count). The van der Waals surface area contributed by atoms with E-state index in [1.807, 2.05) is 30.6 Å². The second-order valence-electron chi connectivity index (χ2n) is 9.19. The highest BCUT2D eigenvalue weighted by atomic mass is 32.1. The van der Waals surface area contributed by atoms with E-state index in [2.05, 4.69) is 68.5 Å². The van der Waals surface area contributed by atoms with Crippen molar-refractivity contribution in [2.75, 3.05) is 12.3 Å². The third-order valence-electron chi connectivity index (χ3n) is 5.98. The summed E-state index contributed by atoms with van der Waals surface area (Å²) >= 11 is 1.60. The zero-order valence-corrected chi connectivity index (χ0v) is 23.7. The fourth-order valence-electron chi connectivity index (χ4n) is 3.94. The SMILES string of the molecule is CC(N)=O.Cc1cccc(C(=O)NCCCCCc2ncc(-c3ccc4ccccc4c3)[nH]2)c1N.c1cscn1. The average Bonchev–Trinajstić information content (AvgIpc) is 3.67. The van der Waals surface area contributed by atoms with Gasteiger partial charge in [0.25, 0.3) is 5.91 Å². The summed E-state index contributed by atoms with van der Waals surface area (Å²) in [5.74, 6) is 0.562. The van der Waals surface area contributed by atoms with Crippen molar-refractivity contribution in [3.05, 3.63) is 101 Å². The normalized spacial score (nSPS) is 10.2. The topological polar surface area (TPSA) is 140 Å². The zero-order chi connectivity index (χ0) is 28.7. The van der Waals surface area contributed by atoms with Crippen LogP contribution in [0.1, 0.15) is 47.9 Å². The summed E-state index contributed by atoms with van der Waals surface area (Å²) in [7, 11) is 0. The summed E-state index contributed by atoms with van der Waals surface area (Å²) < 4.78 is 0. The molecule has 6 N–H and O–H groups in total. The van der Waals surface area contributed by atoms with Gasteiger partial charge in [0.1, 0.15) is 5.82 Å². The van der Waals surface area contributed by atoms with Crippen LogP contribution in [0.15, 0.2) is 83.9 Å². The number of primary amides is 1. The van der Waals surface area contributed by atoms with Gasteiger partial charge in [0, 0.05) is 42.7 Å². The quantitative estimate of drug-likeness (QED) is 0.139. The maximum absolute atomic E-state index is 12.3. The molecule has 0 saturated heterocycles. The Labute approximate surface area is 238 Å². The monoisotopic (exact) mass is 556 g/mol. The molecule has 2 amide bonds. The highest BCUT2D eigenvalue weighted by molar-refractivity contribution is 7.07. The van der Waals surface area contributed by atoms with Crippen molar-refractivity contribution in [2.45, 2.75) is 39.5 Å². The van der Waals surface area contributed by atoms with Gasteiger partial charge >= 0.3 is 0 Å². The van der Waals surface area contributed by atoms with Crippen molar-refractivity contribution < 1.29 is 9.59 Å². The molecule has 40 heavy (non-hydrogen) atoms. The smallest absolute Gasteiger partial charge is 0.253 e. The minimum absolute atomic E-state index is 0.104. The lowest BCUT2D eigenvalue weighted by molar-refractivity contribution is -0.115. The number of fused-ring (bicyclic) bond motifs is 1. The Balaban J connectivity index is 0.000000420. The first-order valence-electron chi connectivity index (χ1n) is 13.1. The summed E-state index contributed by atoms with van der Waals surface area (Å²) in [6, 6.07) is 20.4. The van der Waals surface area contributed by atoms with Crippen molar-refractivity contribution in [1.29, 1.82) is 0 Å². The standard InChI is InChI=1S/C26H28N4O.C3H3NS.C2H5NO/c1-18-8-7-11-22(25(18)27)26(31)28-15-6-2-3-12-24-29-17-23(30-24)21-14-13-19-9-4-5-10-20(19)16-21;1-2-5-3-4-1;1-2(3)4/h4-5,7-11,13-14,16-17H,2-3,6,12,15,27H2,1H3,(H,28,31)(H,29,30);1-3H;1H3,(H2,3,4). The van der Waals surface area contributed by atoms with Crippen molar-refractivity contribution in [2.24, 2.45) is 5.73 Å². The fourth-order valence-corrected chi connectivity index (χ4v) is 4.29. The molecule has 3 aromatic carbocycles. The van der Waals surface area contributed by atoms with E-state index in [-0.39, 0.29) is 11.8 Å². The number of para-hydroxylation sites is 1. The summed E-state index contributed by atoms with van der Waals surface area (Å²) in [6.07, 6.45) is 7.54. The van der Waals surface area contributed by atoms with Crippen LogP contribution in [0.3, 0.4) is 0 Å². The van der Waals surface area contributed by atoms with Crippen molar-refractivity contribution in [3.63, 3.8) is 0 Å². The van der Waals surface area contributed by atoms with Gasteiger partial charge in [-0.25, -0.2) is 4.98 Å². The molecule has 0 unspecified atom stereocenters. The number of aryl methyl sites for hydroxylation is 2. The predicted molar refractivity (Wildman–Crippen MR) is 164 cm³/mol. The molecule has 208 valence electrons. The lowest BCUT2D eigenvalue weighted by atomic mass is 10.1. The van der Waals surface area contributed by atoms with E-state index in [9.17, 15) is 9.59 Å². The number of aromatic nitrogens is 3. The number of thiazole rings is 1.